The molecule has 0 spiro atoms. The fraction of sp³-hybridized carbons (Fsp3) is 0.545. The highest BCUT2D eigenvalue weighted by Gasteiger charge is 2.03. The molecule has 14 heavy (non-hydrogen) atoms. The number of aryl methyl sites for hydroxylation is 1. The van der Waals surface area contributed by atoms with E-state index in [1.165, 1.54) is 13.3 Å². The predicted molar refractivity (Wildman–Crippen MR) is 55.2 cm³/mol. The molecule has 0 saturated heterocycles. The Kier molecular flexibility index (Phi) is 3.74. The first-order chi connectivity index (χ1) is 6.59. The average molecular weight is 192 g/mol. The van der Waals surface area contributed by atoms with Gasteiger partial charge < -0.3 is 0 Å². The molecule has 0 radical (unpaired) electrons. The normalized spacial score (nSPS) is 10.6. The molecule has 0 atom stereocenters. The number of nitrogens with zero attached hydrogens (tertiary/aromatic N) is 2. The van der Waals surface area contributed by atoms with Gasteiger partial charge in [-0.15, -0.1) is 0 Å². The van der Waals surface area contributed by atoms with E-state index in [-0.39, 0.29) is 5.78 Å². The van der Waals surface area contributed by atoms with E-state index in [1.54, 1.807) is 6.07 Å². The first-order valence-corrected chi connectivity index (χ1v) is 4.91. The third-order valence-corrected chi connectivity index (χ3v) is 2.06. The molecule has 0 aliphatic rings. The number of carbonyl (C=O) groups excluding carboxylic acids is 1. The standard InChI is InChI=1S/C11H16N2O/c1-8(2)4-5-10-6-11(9(3)14)13-7-12-10/h6-8H,4-5H2,1-3H3. The Morgan fingerprint density at radius 2 is 2.14 bits per heavy atom. The van der Waals surface area contributed by atoms with Crippen molar-refractivity contribution in [2.24, 2.45) is 5.92 Å². The van der Waals surface area contributed by atoms with E-state index in [9.17, 15) is 4.79 Å². The Morgan fingerprint density at radius 1 is 1.43 bits per heavy atom. The van der Waals surface area contributed by atoms with E-state index in [2.05, 4.69) is 23.8 Å². The zero-order valence-electron chi connectivity index (χ0n) is 8.95. The first kappa shape index (κ1) is 10.8. The Hall–Kier alpha value is -1.25. The van der Waals surface area contributed by atoms with Crippen LogP contribution in [0.1, 0.15) is 43.4 Å². The minimum atomic E-state index is -0.00167. The van der Waals surface area contributed by atoms with Crippen LogP contribution in [0, 0.1) is 5.92 Å². The second-order valence-corrected chi connectivity index (χ2v) is 3.88. The SMILES string of the molecule is CC(=O)c1cc(CCC(C)C)ncn1. The summed E-state index contributed by atoms with van der Waals surface area (Å²) in [5, 5.41) is 0. The minimum absolute atomic E-state index is 0.00167. The van der Waals surface area contributed by atoms with Crippen molar-refractivity contribution in [3.63, 3.8) is 0 Å². The van der Waals surface area contributed by atoms with Crippen LogP contribution in [-0.4, -0.2) is 15.8 Å². The number of aromatic nitrogens is 2. The van der Waals surface area contributed by atoms with Gasteiger partial charge in [0.15, 0.2) is 5.78 Å². The minimum Gasteiger partial charge on any atom is -0.293 e. The largest absolute Gasteiger partial charge is 0.293 e. The van der Waals surface area contributed by atoms with Crippen LogP contribution in [0.25, 0.3) is 0 Å². The van der Waals surface area contributed by atoms with E-state index in [4.69, 9.17) is 0 Å². The second kappa shape index (κ2) is 4.84. The van der Waals surface area contributed by atoms with Gasteiger partial charge in [-0.3, -0.25) is 4.79 Å². The fourth-order valence-electron chi connectivity index (χ4n) is 1.16. The summed E-state index contributed by atoms with van der Waals surface area (Å²) in [5.41, 5.74) is 1.47. The van der Waals surface area contributed by atoms with Gasteiger partial charge in [0.05, 0.1) is 0 Å². The molecule has 1 heterocycles. The van der Waals surface area contributed by atoms with Crippen molar-refractivity contribution in [1.82, 2.24) is 9.97 Å². The van der Waals surface area contributed by atoms with Crippen LogP contribution in [0.2, 0.25) is 0 Å². The van der Waals surface area contributed by atoms with Gasteiger partial charge in [0.25, 0.3) is 0 Å². The molecule has 0 N–H and O–H groups in total. The zero-order chi connectivity index (χ0) is 10.6. The Labute approximate surface area is 84.6 Å². The van der Waals surface area contributed by atoms with Crippen molar-refractivity contribution in [3.05, 3.63) is 23.8 Å². The van der Waals surface area contributed by atoms with Crippen LogP contribution in [0.3, 0.4) is 0 Å². The molecule has 0 aliphatic heterocycles. The lowest BCUT2D eigenvalue weighted by atomic mass is 10.1. The molecule has 3 heteroatoms. The van der Waals surface area contributed by atoms with E-state index in [1.807, 2.05) is 0 Å². The molecule has 1 aromatic heterocycles. The number of hydrogen-bond acceptors (Lipinski definition) is 3. The van der Waals surface area contributed by atoms with Gasteiger partial charge in [0.2, 0.25) is 0 Å². The summed E-state index contributed by atoms with van der Waals surface area (Å²) in [6, 6.07) is 1.78. The molecule has 1 rings (SSSR count). The van der Waals surface area contributed by atoms with Crippen molar-refractivity contribution < 1.29 is 4.79 Å². The molecule has 0 unspecified atom stereocenters. The highest BCUT2D eigenvalue weighted by Crippen LogP contribution is 2.07. The van der Waals surface area contributed by atoms with Crippen LogP contribution in [0.5, 0.6) is 0 Å². The molecule has 0 amide bonds. The van der Waals surface area contributed by atoms with Crippen molar-refractivity contribution >= 4 is 5.78 Å². The van der Waals surface area contributed by atoms with Gasteiger partial charge in [-0.05, 0) is 24.8 Å². The predicted octanol–water partition coefficient (Wildman–Crippen LogP) is 2.27. The topological polar surface area (TPSA) is 42.9 Å². The molecule has 76 valence electrons. The molecular formula is C11H16N2O. The summed E-state index contributed by atoms with van der Waals surface area (Å²) in [6.45, 7) is 5.87. The first-order valence-electron chi connectivity index (χ1n) is 4.91. The monoisotopic (exact) mass is 192 g/mol. The molecule has 3 nitrogen and oxygen atoms in total. The Morgan fingerprint density at radius 3 is 2.71 bits per heavy atom. The third kappa shape index (κ3) is 3.24. The molecule has 0 aromatic carbocycles. The summed E-state index contributed by atoms with van der Waals surface area (Å²) < 4.78 is 0. The van der Waals surface area contributed by atoms with Gasteiger partial charge in [-0.1, -0.05) is 13.8 Å². The molecule has 0 bridgehead atoms. The zero-order valence-corrected chi connectivity index (χ0v) is 8.95. The molecule has 0 fully saturated rings. The number of carbonyl (C=O) groups is 1. The van der Waals surface area contributed by atoms with E-state index >= 15 is 0 Å². The van der Waals surface area contributed by atoms with E-state index in [0.29, 0.717) is 11.6 Å². The summed E-state index contributed by atoms with van der Waals surface area (Å²) in [6.07, 6.45) is 3.47. The number of hydrogen-bond donors (Lipinski definition) is 0. The van der Waals surface area contributed by atoms with Crippen molar-refractivity contribution in [1.29, 1.82) is 0 Å². The molecular weight excluding hydrogens is 176 g/mol. The quantitative estimate of drug-likeness (QED) is 0.687. The molecule has 0 aliphatic carbocycles. The number of ketones is 1. The summed E-state index contributed by atoms with van der Waals surface area (Å²) in [7, 11) is 0. The van der Waals surface area contributed by atoms with Crippen LogP contribution < -0.4 is 0 Å². The van der Waals surface area contributed by atoms with Crippen LogP contribution in [0.4, 0.5) is 0 Å². The van der Waals surface area contributed by atoms with Gasteiger partial charge in [-0.25, -0.2) is 9.97 Å². The maximum atomic E-state index is 11.0. The van der Waals surface area contributed by atoms with Crippen molar-refractivity contribution in [2.45, 2.75) is 33.6 Å². The molecule has 0 saturated carbocycles. The van der Waals surface area contributed by atoms with Crippen LogP contribution >= 0.6 is 0 Å². The maximum Gasteiger partial charge on any atom is 0.178 e. The van der Waals surface area contributed by atoms with Crippen LogP contribution in [0.15, 0.2) is 12.4 Å². The highest BCUT2D eigenvalue weighted by molar-refractivity contribution is 5.92. The summed E-state index contributed by atoms with van der Waals surface area (Å²) in [4.78, 5) is 19.1. The summed E-state index contributed by atoms with van der Waals surface area (Å²) in [5.74, 6) is 0.656. The lowest BCUT2D eigenvalue weighted by Gasteiger charge is -2.04. The highest BCUT2D eigenvalue weighted by atomic mass is 16.1. The second-order valence-electron chi connectivity index (χ2n) is 3.88. The Balaban J connectivity index is 2.69. The lowest BCUT2D eigenvalue weighted by Crippen LogP contribution is -2.01. The number of rotatable bonds is 4. The summed E-state index contributed by atoms with van der Waals surface area (Å²) >= 11 is 0. The van der Waals surface area contributed by atoms with E-state index < -0.39 is 0 Å². The number of Topliss-reactive ketones (excluding diaryl/α,β-unsaturated/α-hetero) is 1. The maximum absolute atomic E-state index is 11.0. The van der Waals surface area contributed by atoms with Gasteiger partial charge in [-0.2, -0.15) is 0 Å². The van der Waals surface area contributed by atoms with Gasteiger partial charge in [0.1, 0.15) is 12.0 Å². The van der Waals surface area contributed by atoms with Crippen LogP contribution in [-0.2, 0) is 6.42 Å². The Bertz CT molecular complexity index is 321. The van der Waals surface area contributed by atoms with Crippen molar-refractivity contribution in [3.8, 4) is 0 Å². The smallest absolute Gasteiger partial charge is 0.178 e. The van der Waals surface area contributed by atoms with E-state index in [0.717, 1.165) is 18.5 Å². The third-order valence-electron chi connectivity index (χ3n) is 2.06. The molecule has 1 aromatic rings. The van der Waals surface area contributed by atoms with Gasteiger partial charge >= 0.3 is 0 Å². The van der Waals surface area contributed by atoms with Gasteiger partial charge in [0, 0.05) is 12.6 Å². The average Bonchev–Trinajstić information content (AvgIpc) is 2.15. The lowest BCUT2D eigenvalue weighted by molar-refractivity contribution is 0.101. The fourth-order valence-corrected chi connectivity index (χ4v) is 1.16. The van der Waals surface area contributed by atoms with Crippen molar-refractivity contribution in [2.75, 3.05) is 0 Å².